The molecule has 1 saturated heterocycles. The van der Waals surface area contributed by atoms with Crippen LogP contribution in [0.2, 0.25) is 0 Å². The van der Waals surface area contributed by atoms with Gasteiger partial charge in [-0.25, -0.2) is 0 Å². The zero-order valence-corrected chi connectivity index (χ0v) is 10.4. The Morgan fingerprint density at radius 2 is 1.31 bits per heavy atom. The molecule has 0 amide bonds. The van der Waals surface area contributed by atoms with Gasteiger partial charge in [0.2, 0.25) is 0 Å². The van der Waals surface area contributed by atoms with E-state index in [4.69, 9.17) is 0 Å². The Balaban J connectivity index is 2.33. The van der Waals surface area contributed by atoms with E-state index >= 15 is 0 Å². The van der Waals surface area contributed by atoms with Crippen molar-refractivity contribution in [1.29, 1.82) is 0 Å². The molecule has 1 rings (SSSR count). The molecular formula is C12H26P+. The molecule has 0 spiro atoms. The zero-order valence-electron chi connectivity index (χ0n) is 9.52. The maximum atomic E-state index is 2.34. The number of hydrogen-bond donors (Lipinski definition) is 0. The molecule has 0 nitrogen and oxygen atoms in total. The summed E-state index contributed by atoms with van der Waals surface area (Å²) in [6.45, 7) is 4.68. The molecule has 13 heavy (non-hydrogen) atoms. The molecule has 0 aromatic rings. The first-order chi connectivity index (χ1) is 6.33. The van der Waals surface area contributed by atoms with E-state index in [2.05, 4.69) is 13.8 Å². The van der Waals surface area contributed by atoms with Crippen molar-refractivity contribution in [3.8, 4) is 0 Å². The van der Waals surface area contributed by atoms with E-state index in [0.29, 0.717) is 0 Å². The van der Waals surface area contributed by atoms with Gasteiger partial charge in [0.25, 0.3) is 0 Å². The Morgan fingerprint density at radius 3 is 1.69 bits per heavy atom. The van der Waals surface area contributed by atoms with Crippen LogP contribution in [0, 0.1) is 0 Å². The van der Waals surface area contributed by atoms with Crippen molar-refractivity contribution < 1.29 is 0 Å². The summed E-state index contributed by atoms with van der Waals surface area (Å²) in [5.74, 6) is 0. The first kappa shape index (κ1) is 11.5. The molecule has 1 heteroatoms. The molecule has 1 aliphatic heterocycles. The summed E-state index contributed by atoms with van der Waals surface area (Å²) >= 11 is 0. The highest BCUT2D eigenvalue weighted by molar-refractivity contribution is 7.76. The molecule has 1 heterocycles. The monoisotopic (exact) mass is 201 g/mol. The van der Waals surface area contributed by atoms with Crippen LogP contribution in [-0.4, -0.2) is 24.6 Å². The second-order valence-corrected chi connectivity index (χ2v) is 9.12. The fourth-order valence-corrected chi connectivity index (χ4v) is 7.66. The van der Waals surface area contributed by atoms with Crippen LogP contribution in [0.1, 0.15) is 52.4 Å². The van der Waals surface area contributed by atoms with Crippen molar-refractivity contribution in [2.45, 2.75) is 52.4 Å². The Kier molecular flexibility index (Phi) is 5.32. The maximum absolute atomic E-state index is 2.34. The summed E-state index contributed by atoms with van der Waals surface area (Å²) in [7, 11) is -0.380. The van der Waals surface area contributed by atoms with Gasteiger partial charge in [-0.2, -0.15) is 0 Å². The smallest absolute Gasteiger partial charge is 0.0595 e. The second-order valence-electron chi connectivity index (χ2n) is 4.65. The summed E-state index contributed by atoms with van der Waals surface area (Å²) in [6, 6.07) is 0. The highest BCUT2D eigenvalue weighted by Crippen LogP contribution is 2.64. The van der Waals surface area contributed by atoms with Crippen LogP contribution in [-0.2, 0) is 0 Å². The van der Waals surface area contributed by atoms with Gasteiger partial charge < -0.3 is 0 Å². The number of hydrogen-bond acceptors (Lipinski definition) is 0. The van der Waals surface area contributed by atoms with E-state index in [0.717, 1.165) is 0 Å². The number of unbranched alkanes of at least 4 members (excludes halogenated alkanes) is 2. The molecule has 0 bridgehead atoms. The van der Waals surface area contributed by atoms with Crippen LogP contribution in [0.5, 0.6) is 0 Å². The third kappa shape index (κ3) is 3.58. The standard InChI is InChI=1S/C12H26P/c1-3-5-9-13(10-6-4-2)11-7-8-12-13/h3-12H2,1-2H3/q+1. The highest BCUT2D eigenvalue weighted by Gasteiger charge is 2.38. The van der Waals surface area contributed by atoms with Crippen LogP contribution < -0.4 is 0 Å². The molecule has 78 valence electrons. The lowest BCUT2D eigenvalue weighted by Crippen LogP contribution is -2.05. The molecule has 0 aromatic carbocycles. The summed E-state index contributed by atoms with van der Waals surface area (Å²) < 4.78 is 0. The van der Waals surface area contributed by atoms with Crippen LogP contribution in [0.15, 0.2) is 0 Å². The third-order valence-corrected chi connectivity index (χ3v) is 8.55. The molecule has 0 radical (unpaired) electrons. The van der Waals surface area contributed by atoms with Crippen molar-refractivity contribution in [3.05, 3.63) is 0 Å². The lowest BCUT2D eigenvalue weighted by molar-refractivity contribution is 0.859. The predicted molar refractivity (Wildman–Crippen MR) is 65.4 cm³/mol. The molecule has 0 N–H and O–H groups in total. The van der Waals surface area contributed by atoms with Gasteiger partial charge in [0.1, 0.15) is 0 Å². The summed E-state index contributed by atoms with van der Waals surface area (Å²) in [4.78, 5) is 0. The van der Waals surface area contributed by atoms with E-state index in [1.54, 1.807) is 37.5 Å². The lowest BCUT2D eigenvalue weighted by atomic mass is 10.4. The SMILES string of the molecule is CCCC[P+]1(CCCC)CCCC1. The van der Waals surface area contributed by atoms with Gasteiger partial charge in [0.15, 0.2) is 0 Å². The summed E-state index contributed by atoms with van der Waals surface area (Å²) in [5.41, 5.74) is 0. The molecule has 0 unspecified atom stereocenters. The molecule has 1 aliphatic rings. The Hall–Kier alpha value is 0.430. The molecule has 0 aromatic heterocycles. The minimum Gasteiger partial charge on any atom is -0.0652 e. The Labute approximate surface area is 84.8 Å². The van der Waals surface area contributed by atoms with E-state index in [1.807, 2.05) is 0 Å². The highest BCUT2D eigenvalue weighted by atomic mass is 31.2. The average Bonchev–Trinajstić information content (AvgIpc) is 2.61. The van der Waals surface area contributed by atoms with Crippen molar-refractivity contribution >= 4 is 7.26 Å². The van der Waals surface area contributed by atoms with Crippen LogP contribution in [0.4, 0.5) is 0 Å². The quantitative estimate of drug-likeness (QED) is 0.559. The second kappa shape index (κ2) is 6.02. The molecule has 1 fully saturated rings. The van der Waals surface area contributed by atoms with E-state index in [1.165, 1.54) is 25.7 Å². The molecular weight excluding hydrogens is 175 g/mol. The van der Waals surface area contributed by atoms with E-state index in [-0.39, 0.29) is 7.26 Å². The fourth-order valence-electron chi connectivity index (χ4n) is 2.55. The van der Waals surface area contributed by atoms with Gasteiger partial charge in [-0.1, -0.05) is 26.7 Å². The lowest BCUT2D eigenvalue weighted by Gasteiger charge is -2.21. The molecule has 0 aliphatic carbocycles. The Bertz CT molecular complexity index is 115. The van der Waals surface area contributed by atoms with Crippen molar-refractivity contribution in [2.75, 3.05) is 24.6 Å². The van der Waals surface area contributed by atoms with E-state index in [9.17, 15) is 0 Å². The summed E-state index contributed by atoms with van der Waals surface area (Å²) in [6.07, 6.45) is 15.5. The van der Waals surface area contributed by atoms with Gasteiger partial charge in [-0.05, 0) is 25.7 Å². The average molecular weight is 201 g/mol. The van der Waals surface area contributed by atoms with Crippen molar-refractivity contribution in [1.82, 2.24) is 0 Å². The van der Waals surface area contributed by atoms with Gasteiger partial charge >= 0.3 is 0 Å². The fraction of sp³-hybridized carbons (Fsp3) is 1.00. The normalized spacial score (nSPS) is 20.8. The van der Waals surface area contributed by atoms with Crippen LogP contribution in [0.25, 0.3) is 0 Å². The van der Waals surface area contributed by atoms with Gasteiger partial charge in [-0.15, -0.1) is 0 Å². The van der Waals surface area contributed by atoms with Crippen LogP contribution in [0.3, 0.4) is 0 Å². The first-order valence-electron chi connectivity index (χ1n) is 6.18. The van der Waals surface area contributed by atoms with Gasteiger partial charge in [0.05, 0.1) is 24.6 Å². The van der Waals surface area contributed by atoms with Gasteiger partial charge in [0, 0.05) is 7.26 Å². The van der Waals surface area contributed by atoms with E-state index < -0.39 is 0 Å². The minimum atomic E-state index is -0.380. The molecule has 0 atom stereocenters. The zero-order chi connectivity index (χ0) is 9.57. The summed E-state index contributed by atoms with van der Waals surface area (Å²) in [5, 5.41) is 0. The van der Waals surface area contributed by atoms with Gasteiger partial charge in [-0.3, -0.25) is 0 Å². The number of rotatable bonds is 6. The Morgan fingerprint density at radius 1 is 0.846 bits per heavy atom. The van der Waals surface area contributed by atoms with Crippen molar-refractivity contribution in [3.63, 3.8) is 0 Å². The predicted octanol–water partition coefficient (Wildman–Crippen LogP) is 4.40. The third-order valence-electron chi connectivity index (χ3n) is 3.49. The first-order valence-corrected chi connectivity index (χ1v) is 8.71. The minimum absolute atomic E-state index is 0.380. The van der Waals surface area contributed by atoms with Crippen LogP contribution >= 0.6 is 7.26 Å². The van der Waals surface area contributed by atoms with Crippen molar-refractivity contribution in [2.24, 2.45) is 0 Å². The largest absolute Gasteiger partial charge is 0.0652 e. The topological polar surface area (TPSA) is 0 Å². The maximum Gasteiger partial charge on any atom is 0.0595 e. The molecule has 0 saturated carbocycles.